The first-order chi connectivity index (χ1) is 12.5. The minimum atomic E-state index is -0.585. The number of anilines is 2. The Morgan fingerprint density at radius 3 is 2.77 bits per heavy atom. The van der Waals surface area contributed by atoms with E-state index in [0.29, 0.717) is 16.8 Å². The van der Waals surface area contributed by atoms with E-state index in [0.717, 1.165) is 0 Å². The molecule has 9 heteroatoms. The second kappa shape index (κ2) is 6.93. The van der Waals surface area contributed by atoms with Gasteiger partial charge >= 0.3 is 5.69 Å². The number of nitro benzene ring substituents is 1. The summed E-state index contributed by atoms with van der Waals surface area (Å²) in [5.41, 5.74) is 0.815. The van der Waals surface area contributed by atoms with Gasteiger partial charge in [-0.3, -0.25) is 10.1 Å². The van der Waals surface area contributed by atoms with Gasteiger partial charge in [-0.25, -0.2) is 9.37 Å². The molecule has 0 radical (unpaired) electrons. The maximum absolute atomic E-state index is 13.4. The van der Waals surface area contributed by atoms with E-state index in [4.69, 9.17) is 4.74 Å². The molecule has 0 saturated carbocycles. The highest BCUT2D eigenvalue weighted by molar-refractivity contribution is 9.10. The van der Waals surface area contributed by atoms with Crippen molar-refractivity contribution in [1.82, 2.24) is 4.98 Å². The number of nitrogens with zero attached hydrogens (tertiary/aromatic N) is 3. The SMILES string of the molecule is COc1ccc2c(Nc3ccc(F)c(Br)c3)c(C#N)cnc2c1[N+](=O)[O-]. The summed E-state index contributed by atoms with van der Waals surface area (Å²) < 4.78 is 18.7. The number of halogens is 2. The Bertz CT molecular complexity index is 1080. The number of nitriles is 1. The highest BCUT2D eigenvalue weighted by Gasteiger charge is 2.23. The first-order valence-electron chi connectivity index (χ1n) is 7.22. The molecule has 0 amide bonds. The van der Waals surface area contributed by atoms with Gasteiger partial charge < -0.3 is 10.1 Å². The van der Waals surface area contributed by atoms with Crippen LogP contribution in [0.5, 0.6) is 5.75 Å². The standard InChI is InChI=1S/C17H10BrFN4O3/c1-26-14-5-3-11-15(22-10-2-4-13(19)12(18)6-10)9(7-20)8-21-16(11)17(14)23(24)25/h2-6,8H,1H3,(H,21,22). The average Bonchev–Trinajstić information content (AvgIpc) is 2.63. The highest BCUT2D eigenvalue weighted by atomic mass is 79.9. The van der Waals surface area contributed by atoms with Crippen LogP contribution in [-0.2, 0) is 0 Å². The molecule has 1 heterocycles. The van der Waals surface area contributed by atoms with Gasteiger partial charge in [0.2, 0.25) is 0 Å². The first-order valence-corrected chi connectivity index (χ1v) is 8.01. The molecule has 0 saturated heterocycles. The van der Waals surface area contributed by atoms with Gasteiger partial charge in [-0.1, -0.05) is 0 Å². The number of fused-ring (bicyclic) bond motifs is 1. The number of hydrogen-bond acceptors (Lipinski definition) is 6. The molecule has 26 heavy (non-hydrogen) atoms. The summed E-state index contributed by atoms with van der Waals surface area (Å²) in [5.74, 6) is -0.369. The molecular formula is C17H10BrFN4O3. The molecule has 0 bridgehead atoms. The maximum Gasteiger partial charge on any atom is 0.336 e. The molecule has 1 aromatic heterocycles. The maximum atomic E-state index is 13.4. The zero-order valence-electron chi connectivity index (χ0n) is 13.3. The molecule has 1 N–H and O–H groups in total. The lowest BCUT2D eigenvalue weighted by Gasteiger charge is -2.13. The third kappa shape index (κ3) is 3.02. The number of hydrogen-bond donors (Lipinski definition) is 1. The van der Waals surface area contributed by atoms with Gasteiger partial charge in [-0.15, -0.1) is 0 Å². The van der Waals surface area contributed by atoms with Crippen molar-refractivity contribution in [2.75, 3.05) is 12.4 Å². The van der Waals surface area contributed by atoms with Crippen LogP contribution in [0.1, 0.15) is 5.56 Å². The molecule has 7 nitrogen and oxygen atoms in total. The van der Waals surface area contributed by atoms with E-state index in [-0.39, 0.29) is 27.0 Å². The predicted molar refractivity (Wildman–Crippen MR) is 97.0 cm³/mol. The second-order valence-corrected chi connectivity index (χ2v) is 6.04. The Labute approximate surface area is 155 Å². The largest absolute Gasteiger partial charge is 0.490 e. The van der Waals surface area contributed by atoms with Crippen molar-refractivity contribution in [2.45, 2.75) is 0 Å². The molecule has 0 aliphatic rings. The lowest BCUT2D eigenvalue weighted by Crippen LogP contribution is -2.01. The van der Waals surface area contributed by atoms with E-state index in [2.05, 4.69) is 26.2 Å². The fourth-order valence-electron chi connectivity index (χ4n) is 2.51. The summed E-state index contributed by atoms with van der Waals surface area (Å²) in [7, 11) is 1.33. The zero-order chi connectivity index (χ0) is 18.8. The van der Waals surface area contributed by atoms with Crippen LogP contribution in [0.4, 0.5) is 21.5 Å². The molecular weight excluding hydrogens is 407 g/mol. The van der Waals surface area contributed by atoms with E-state index in [9.17, 15) is 19.8 Å². The number of nitro groups is 1. The lowest BCUT2D eigenvalue weighted by molar-refractivity contribution is -0.384. The van der Waals surface area contributed by atoms with Crippen molar-refractivity contribution in [3.63, 3.8) is 0 Å². The number of ether oxygens (including phenoxy) is 1. The number of benzene rings is 2. The average molecular weight is 417 g/mol. The minimum Gasteiger partial charge on any atom is -0.490 e. The molecule has 0 atom stereocenters. The van der Waals surface area contributed by atoms with Crippen molar-refractivity contribution >= 4 is 43.9 Å². The molecule has 3 rings (SSSR count). The summed E-state index contributed by atoms with van der Waals surface area (Å²) in [6, 6.07) is 9.27. The molecule has 3 aromatic rings. The molecule has 0 unspecified atom stereocenters. The summed E-state index contributed by atoms with van der Waals surface area (Å²) in [6.45, 7) is 0. The summed E-state index contributed by atoms with van der Waals surface area (Å²) in [4.78, 5) is 14.9. The van der Waals surface area contributed by atoms with Crippen LogP contribution < -0.4 is 10.1 Å². The molecule has 130 valence electrons. The smallest absolute Gasteiger partial charge is 0.336 e. The van der Waals surface area contributed by atoms with Gasteiger partial charge in [0.1, 0.15) is 11.9 Å². The highest BCUT2D eigenvalue weighted by Crippen LogP contribution is 2.38. The van der Waals surface area contributed by atoms with Crippen LogP contribution in [-0.4, -0.2) is 17.0 Å². The topological polar surface area (TPSA) is 101 Å². The van der Waals surface area contributed by atoms with E-state index in [1.807, 2.05) is 6.07 Å². The van der Waals surface area contributed by atoms with Crippen LogP contribution in [0.2, 0.25) is 0 Å². The van der Waals surface area contributed by atoms with Gasteiger partial charge in [-0.2, -0.15) is 5.26 Å². The second-order valence-electron chi connectivity index (χ2n) is 5.18. The first kappa shape index (κ1) is 17.6. The quantitative estimate of drug-likeness (QED) is 0.489. The van der Waals surface area contributed by atoms with Crippen LogP contribution in [0, 0.1) is 27.3 Å². The van der Waals surface area contributed by atoms with Gasteiger partial charge in [0, 0.05) is 17.3 Å². The van der Waals surface area contributed by atoms with Crippen molar-refractivity contribution in [2.24, 2.45) is 0 Å². The van der Waals surface area contributed by atoms with E-state index < -0.39 is 10.7 Å². The number of pyridine rings is 1. The summed E-state index contributed by atoms with van der Waals surface area (Å²) >= 11 is 3.10. The van der Waals surface area contributed by atoms with Crippen LogP contribution >= 0.6 is 15.9 Å². The number of methoxy groups -OCH3 is 1. The third-order valence-corrected chi connectivity index (χ3v) is 4.30. The van der Waals surface area contributed by atoms with Gasteiger partial charge in [0.05, 0.1) is 27.8 Å². The van der Waals surface area contributed by atoms with E-state index in [1.165, 1.54) is 37.6 Å². The van der Waals surface area contributed by atoms with Crippen molar-refractivity contribution in [3.05, 3.63) is 62.5 Å². The Kier molecular flexibility index (Phi) is 4.69. The Morgan fingerprint density at radius 2 is 2.15 bits per heavy atom. The third-order valence-electron chi connectivity index (χ3n) is 3.69. The van der Waals surface area contributed by atoms with Crippen molar-refractivity contribution in [1.29, 1.82) is 5.26 Å². The minimum absolute atomic E-state index is 0.0650. The van der Waals surface area contributed by atoms with Crippen LogP contribution in [0.15, 0.2) is 41.0 Å². The van der Waals surface area contributed by atoms with E-state index >= 15 is 0 Å². The lowest BCUT2D eigenvalue weighted by atomic mass is 10.1. The van der Waals surface area contributed by atoms with E-state index in [1.54, 1.807) is 6.07 Å². The van der Waals surface area contributed by atoms with Crippen molar-refractivity contribution < 1.29 is 14.1 Å². The molecule has 0 spiro atoms. The van der Waals surface area contributed by atoms with Crippen molar-refractivity contribution in [3.8, 4) is 11.8 Å². The summed E-state index contributed by atoms with van der Waals surface area (Å²) in [6.07, 6.45) is 1.25. The van der Waals surface area contributed by atoms with Gasteiger partial charge in [0.15, 0.2) is 11.3 Å². The van der Waals surface area contributed by atoms with Crippen LogP contribution in [0.3, 0.4) is 0 Å². The normalized spacial score (nSPS) is 10.4. The van der Waals surface area contributed by atoms with Gasteiger partial charge in [0.25, 0.3) is 0 Å². The number of rotatable bonds is 4. The Hall–Kier alpha value is -3.25. The van der Waals surface area contributed by atoms with Gasteiger partial charge in [-0.05, 0) is 46.3 Å². The number of nitrogens with one attached hydrogen (secondary N) is 1. The monoisotopic (exact) mass is 416 g/mol. The fourth-order valence-corrected chi connectivity index (χ4v) is 2.89. The van der Waals surface area contributed by atoms with Crippen LogP contribution in [0.25, 0.3) is 10.9 Å². The predicted octanol–water partition coefficient (Wildman–Crippen LogP) is 4.67. The fraction of sp³-hybridized carbons (Fsp3) is 0.0588. The zero-order valence-corrected chi connectivity index (χ0v) is 14.9. The summed E-state index contributed by atoms with van der Waals surface area (Å²) in [5, 5.41) is 24.2. The number of aromatic nitrogens is 1. The molecule has 2 aromatic carbocycles. The Morgan fingerprint density at radius 1 is 1.38 bits per heavy atom. The Balaban J connectivity index is 2.26. The molecule has 0 aliphatic heterocycles. The molecule has 0 aliphatic carbocycles. The molecule has 0 fully saturated rings.